The zero-order chi connectivity index (χ0) is 5.82. The molecule has 2 heteroatoms. The molecule has 2 nitrogen and oxygen atoms in total. The summed E-state index contributed by atoms with van der Waals surface area (Å²) in [4.78, 5) is 0. The van der Waals surface area contributed by atoms with Gasteiger partial charge in [-0.2, -0.15) is 0 Å². The van der Waals surface area contributed by atoms with Crippen molar-refractivity contribution in [3.8, 4) is 6.26 Å². The van der Waals surface area contributed by atoms with Crippen LogP contribution in [0.25, 0.3) is 0 Å². The molecule has 0 N–H and O–H groups in total. The highest BCUT2D eigenvalue weighted by atomic mass is 16.5. The lowest BCUT2D eigenvalue weighted by Crippen LogP contribution is -1.73. The Morgan fingerprint density at radius 2 is 2.62 bits per heavy atom. The fourth-order valence-electron chi connectivity index (χ4n) is 0.565. The van der Waals surface area contributed by atoms with E-state index in [-0.39, 0.29) is 0 Å². The summed E-state index contributed by atoms with van der Waals surface area (Å²) in [5, 5.41) is 7.98. The standard InChI is InChI=1S/C6H5NO/c7-5-8-6-3-1-2-4-6/h1,3-4H,2H2. The Kier molecular flexibility index (Phi) is 1.34. The second kappa shape index (κ2) is 2.17. The van der Waals surface area contributed by atoms with Gasteiger partial charge in [0.05, 0.1) is 0 Å². The summed E-state index contributed by atoms with van der Waals surface area (Å²) in [6, 6.07) is 0. The molecule has 0 amide bonds. The van der Waals surface area contributed by atoms with Crippen molar-refractivity contribution in [2.75, 3.05) is 0 Å². The Morgan fingerprint density at radius 1 is 1.75 bits per heavy atom. The Labute approximate surface area is 47.7 Å². The van der Waals surface area contributed by atoms with Crippen molar-refractivity contribution in [1.29, 1.82) is 5.26 Å². The first-order valence-electron chi connectivity index (χ1n) is 2.36. The van der Waals surface area contributed by atoms with Crippen molar-refractivity contribution in [3.63, 3.8) is 0 Å². The van der Waals surface area contributed by atoms with Crippen LogP contribution >= 0.6 is 0 Å². The van der Waals surface area contributed by atoms with Gasteiger partial charge in [0, 0.05) is 0 Å². The van der Waals surface area contributed by atoms with Crippen LogP contribution in [0.15, 0.2) is 24.0 Å². The van der Waals surface area contributed by atoms with E-state index in [9.17, 15) is 0 Å². The molecular formula is C6H5NO. The maximum Gasteiger partial charge on any atom is 0.292 e. The zero-order valence-electron chi connectivity index (χ0n) is 4.29. The zero-order valence-corrected chi connectivity index (χ0v) is 4.29. The van der Waals surface area contributed by atoms with E-state index in [4.69, 9.17) is 5.26 Å². The summed E-state index contributed by atoms with van der Waals surface area (Å²) in [6.07, 6.45) is 8.04. The highest BCUT2D eigenvalue weighted by Crippen LogP contribution is 2.08. The number of hydrogen-bond acceptors (Lipinski definition) is 2. The van der Waals surface area contributed by atoms with Crippen molar-refractivity contribution in [1.82, 2.24) is 0 Å². The molecule has 0 aromatic heterocycles. The van der Waals surface area contributed by atoms with Crippen LogP contribution in [-0.4, -0.2) is 0 Å². The smallest absolute Gasteiger partial charge is 0.292 e. The third-order valence-corrected chi connectivity index (χ3v) is 0.901. The van der Waals surface area contributed by atoms with Gasteiger partial charge in [-0.15, -0.1) is 5.26 Å². The molecule has 40 valence electrons. The maximum atomic E-state index is 7.98. The van der Waals surface area contributed by atoms with Crippen molar-refractivity contribution < 1.29 is 4.74 Å². The monoisotopic (exact) mass is 107 g/mol. The molecule has 0 aromatic carbocycles. The summed E-state index contributed by atoms with van der Waals surface area (Å²) in [7, 11) is 0. The minimum absolute atomic E-state index is 0.660. The molecule has 0 unspecified atom stereocenters. The normalized spacial score (nSPS) is 15.1. The average Bonchev–Trinajstić information content (AvgIpc) is 2.19. The quantitative estimate of drug-likeness (QED) is 0.473. The second-order valence-corrected chi connectivity index (χ2v) is 1.44. The molecule has 1 aliphatic carbocycles. The highest BCUT2D eigenvalue weighted by Gasteiger charge is 1.94. The van der Waals surface area contributed by atoms with E-state index < -0.39 is 0 Å². The molecule has 8 heavy (non-hydrogen) atoms. The lowest BCUT2D eigenvalue weighted by atomic mass is 10.5. The molecule has 0 atom stereocenters. The van der Waals surface area contributed by atoms with Gasteiger partial charge in [-0.05, 0) is 18.6 Å². The minimum Gasteiger partial charge on any atom is -0.388 e. The van der Waals surface area contributed by atoms with Gasteiger partial charge in [0.2, 0.25) is 0 Å². The molecule has 0 bridgehead atoms. The van der Waals surface area contributed by atoms with Gasteiger partial charge in [0.15, 0.2) is 0 Å². The van der Waals surface area contributed by atoms with E-state index >= 15 is 0 Å². The fourth-order valence-corrected chi connectivity index (χ4v) is 0.565. The largest absolute Gasteiger partial charge is 0.388 e. The van der Waals surface area contributed by atoms with Crippen molar-refractivity contribution in [3.05, 3.63) is 24.0 Å². The number of nitriles is 1. The van der Waals surface area contributed by atoms with Gasteiger partial charge in [0.25, 0.3) is 6.26 Å². The van der Waals surface area contributed by atoms with E-state index in [0.29, 0.717) is 5.76 Å². The van der Waals surface area contributed by atoms with E-state index in [2.05, 4.69) is 4.74 Å². The summed E-state index contributed by atoms with van der Waals surface area (Å²) in [5.41, 5.74) is 0. The number of hydrogen-bond donors (Lipinski definition) is 0. The van der Waals surface area contributed by atoms with Crippen LogP contribution in [0.4, 0.5) is 0 Å². The van der Waals surface area contributed by atoms with Gasteiger partial charge in [-0.1, -0.05) is 6.08 Å². The molecule has 0 fully saturated rings. The molecule has 0 heterocycles. The van der Waals surface area contributed by atoms with Crippen LogP contribution in [0.5, 0.6) is 0 Å². The van der Waals surface area contributed by atoms with Crippen molar-refractivity contribution >= 4 is 0 Å². The summed E-state index contributed by atoms with van der Waals surface area (Å²) in [6.45, 7) is 0. The highest BCUT2D eigenvalue weighted by molar-refractivity contribution is 5.21. The molecule has 0 saturated carbocycles. The lowest BCUT2D eigenvalue weighted by molar-refractivity contribution is 0.394. The number of allylic oxidation sites excluding steroid dienone is 3. The van der Waals surface area contributed by atoms with Crippen LogP contribution in [0, 0.1) is 11.5 Å². The van der Waals surface area contributed by atoms with Crippen molar-refractivity contribution in [2.24, 2.45) is 0 Å². The van der Waals surface area contributed by atoms with E-state index in [0.717, 1.165) is 6.42 Å². The lowest BCUT2D eigenvalue weighted by Gasteiger charge is -1.85. The second-order valence-electron chi connectivity index (χ2n) is 1.44. The topological polar surface area (TPSA) is 33.0 Å². The summed E-state index contributed by atoms with van der Waals surface area (Å²) in [5.74, 6) is 0.660. The molecule has 0 spiro atoms. The summed E-state index contributed by atoms with van der Waals surface area (Å²) < 4.78 is 4.48. The maximum absolute atomic E-state index is 7.98. The van der Waals surface area contributed by atoms with Crippen LogP contribution in [0.1, 0.15) is 6.42 Å². The first-order valence-corrected chi connectivity index (χ1v) is 2.36. The third-order valence-electron chi connectivity index (χ3n) is 0.901. The van der Waals surface area contributed by atoms with Gasteiger partial charge in [0.1, 0.15) is 5.76 Å². The minimum atomic E-state index is 0.660. The first-order chi connectivity index (χ1) is 3.93. The number of ether oxygens (including phenoxy) is 1. The van der Waals surface area contributed by atoms with E-state index in [1.807, 2.05) is 12.2 Å². The van der Waals surface area contributed by atoms with Crippen LogP contribution < -0.4 is 0 Å². The molecular weight excluding hydrogens is 102 g/mol. The van der Waals surface area contributed by atoms with Gasteiger partial charge in [-0.25, -0.2) is 0 Å². The van der Waals surface area contributed by atoms with Crippen molar-refractivity contribution in [2.45, 2.75) is 6.42 Å². The Bertz CT molecular complexity index is 173. The van der Waals surface area contributed by atoms with Crippen LogP contribution in [0.3, 0.4) is 0 Å². The Morgan fingerprint density at radius 3 is 3.12 bits per heavy atom. The van der Waals surface area contributed by atoms with E-state index in [1.165, 1.54) is 0 Å². The average molecular weight is 107 g/mol. The fraction of sp³-hybridized carbons (Fsp3) is 0.167. The molecule has 1 rings (SSSR count). The van der Waals surface area contributed by atoms with Gasteiger partial charge >= 0.3 is 0 Å². The number of nitrogens with zero attached hydrogens (tertiary/aromatic N) is 1. The van der Waals surface area contributed by atoms with Crippen LogP contribution in [-0.2, 0) is 4.74 Å². The molecule has 1 aliphatic rings. The molecule has 0 aliphatic heterocycles. The predicted molar refractivity (Wildman–Crippen MR) is 28.5 cm³/mol. The molecule has 0 aromatic rings. The third kappa shape index (κ3) is 0.881. The predicted octanol–water partition coefficient (Wildman–Crippen LogP) is 1.33. The summed E-state index contributed by atoms with van der Waals surface area (Å²) >= 11 is 0. The SMILES string of the molecule is N#COC1=CCC=C1. The first kappa shape index (κ1) is 4.92. The molecule has 0 saturated heterocycles. The molecule has 0 radical (unpaired) electrons. The van der Waals surface area contributed by atoms with Gasteiger partial charge in [-0.3, -0.25) is 0 Å². The van der Waals surface area contributed by atoms with Gasteiger partial charge < -0.3 is 4.74 Å². The van der Waals surface area contributed by atoms with E-state index in [1.54, 1.807) is 12.3 Å². The Hall–Kier alpha value is -1.23. The number of rotatable bonds is 1. The Balaban J connectivity index is 2.49. The van der Waals surface area contributed by atoms with Crippen LogP contribution in [0.2, 0.25) is 0 Å².